The lowest BCUT2D eigenvalue weighted by molar-refractivity contribution is -0.136. The fourth-order valence-electron chi connectivity index (χ4n) is 2.73. The molecule has 0 aliphatic rings. The SMILES string of the molecule is O=C(Nc1ccccc1C(F)(F)F)c1csc2nc(-c3ccc(F)cc3)cn12. The Balaban J connectivity index is 1.67. The van der Waals surface area contributed by atoms with Crippen molar-refractivity contribution in [2.24, 2.45) is 0 Å². The minimum Gasteiger partial charge on any atom is -0.320 e. The van der Waals surface area contributed by atoms with Crippen LogP contribution in [0, 0.1) is 5.82 Å². The van der Waals surface area contributed by atoms with E-state index in [1.165, 1.54) is 51.4 Å². The van der Waals surface area contributed by atoms with Gasteiger partial charge in [-0.15, -0.1) is 11.3 Å². The van der Waals surface area contributed by atoms with Gasteiger partial charge in [-0.3, -0.25) is 9.20 Å². The highest BCUT2D eigenvalue weighted by Gasteiger charge is 2.33. The van der Waals surface area contributed by atoms with E-state index in [0.29, 0.717) is 16.2 Å². The molecular formula is C19H11F4N3OS. The number of alkyl halides is 3. The molecule has 1 amide bonds. The maximum Gasteiger partial charge on any atom is 0.418 e. The van der Waals surface area contributed by atoms with E-state index in [0.717, 1.165) is 6.07 Å². The quantitative estimate of drug-likeness (QED) is 0.459. The van der Waals surface area contributed by atoms with Crippen LogP contribution in [0.5, 0.6) is 0 Å². The Kier molecular flexibility index (Phi) is 4.38. The van der Waals surface area contributed by atoms with E-state index < -0.39 is 17.6 Å². The summed E-state index contributed by atoms with van der Waals surface area (Å²) >= 11 is 1.18. The number of thiazole rings is 1. The van der Waals surface area contributed by atoms with Crippen molar-refractivity contribution in [2.75, 3.05) is 5.32 Å². The van der Waals surface area contributed by atoms with Crippen molar-refractivity contribution in [1.82, 2.24) is 9.38 Å². The largest absolute Gasteiger partial charge is 0.418 e. The van der Waals surface area contributed by atoms with Crippen LogP contribution in [-0.4, -0.2) is 15.3 Å². The summed E-state index contributed by atoms with van der Waals surface area (Å²) in [4.78, 5) is 17.5. The van der Waals surface area contributed by atoms with Gasteiger partial charge in [0.05, 0.1) is 16.9 Å². The monoisotopic (exact) mass is 405 g/mol. The molecule has 4 rings (SSSR count). The Bertz CT molecular complexity index is 1160. The van der Waals surface area contributed by atoms with Crippen molar-refractivity contribution in [3.8, 4) is 11.3 Å². The second-order valence-electron chi connectivity index (χ2n) is 5.90. The van der Waals surface area contributed by atoms with Crippen molar-refractivity contribution in [3.63, 3.8) is 0 Å². The predicted octanol–water partition coefficient (Wildman–Crippen LogP) is 5.47. The first-order valence-corrected chi connectivity index (χ1v) is 8.91. The minimum atomic E-state index is -4.58. The number of nitrogens with zero attached hydrogens (tertiary/aromatic N) is 2. The Morgan fingerprint density at radius 1 is 1.07 bits per heavy atom. The van der Waals surface area contributed by atoms with Crippen LogP contribution in [0.3, 0.4) is 0 Å². The fourth-order valence-corrected chi connectivity index (χ4v) is 3.59. The maximum absolute atomic E-state index is 13.1. The molecule has 28 heavy (non-hydrogen) atoms. The molecule has 0 aliphatic heterocycles. The average molecular weight is 405 g/mol. The van der Waals surface area contributed by atoms with E-state index in [4.69, 9.17) is 0 Å². The summed E-state index contributed by atoms with van der Waals surface area (Å²) < 4.78 is 53.9. The molecule has 0 radical (unpaired) electrons. The van der Waals surface area contributed by atoms with Crippen LogP contribution >= 0.6 is 11.3 Å². The molecule has 9 heteroatoms. The smallest absolute Gasteiger partial charge is 0.320 e. The van der Waals surface area contributed by atoms with Crippen LogP contribution in [-0.2, 0) is 6.18 Å². The van der Waals surface area contributed by atoms with Gasteiger partial charge in [-0.2, -0.15) is 13.2 Å². The number of halogens is 4. The van der Waals surface area contributed by atoms with E-state index in [1.54, 1.807) is 18.3 Å². The molecule has 0 saturated heterocycles. The highest BCUT2D eigenvalue weighted by molar-refractivity contribution is 7.15. The molecule has 0 unspecified atom stereocenters. The number of hydrogen-bond donors (Lipinski definition) is 1. The molecule has 2 aromatic heterocycles. The third kappa shape index (κ3) is 3.36. The van der Waals surface area contributed by atoms with E-state index in [-0.39, 0.29) is 17.2 Å². The summed E-state index contributed by atoms with van der Waals surface area (Å²) in [6.07, 6.45) is -3.00. The Labute approximate surface area is 160 Å². The first-order valence-electron chi connectivity index (χ1n) is 8.03. The van der Waals surface area contributed by atoms with Gasteiger partial charge in [0, 0.05) is 17.1 Å². The molecule has 0 bridgehead atoms. The first kappa shape index (κ1) is 18.2. The summed E-state index contributed by atoms with van der Waals surface area (Å²) in [5.74, 6) is -1.07. The van der Waals surface area contributed by atoms with Gasteiger partial charge in [0.1, 0.15) is 11.5 Å². The number of imidazole rings is 1. The van der Waals surface area contributed by atoms with Gasteiger partial charge < -0.3 is 5.32 Å². The van der Waals surface area contributed by atoms with Crippen LogP contribution in [0.15, 0.2) is 60.1 Å². The third-order valence-corrected chi connectivity index (χ3v) is 4.90. The lowest BCUT2D eigenvalue weighted by atomic mass is 10.1. The van der Waals surface area contributed by atoms with Crippen LogP contribution in [0.4, 0.5) is 23.2 Å². The third-order valence-electron chi connectivity index (χ3n) is 4.06. The zero-order valence-corrected chi connectivity index (χ0v) is 14.8. The second kappa shape index (κ2) is 6.75. The predicted molar refractivity (Wildman–Crippen MR) is 97.9 cm³/mol. The topological polar surface area (TPSA) is 46.4 Å². The molecule has 2 heterocycles. The Morgan fingerprint density at radius 3 is 2.50 bits per heavy atom. The number of anilines is 1. The highest BCUT2D eigenvalue weighted by Crippen LogP contribution is 2.35. The normalized spacial score (nSPS) is 11.7. The molecule has 0 spiro atoms. The van der Waals surface area contributed by atoms with E-state index in [2.05, 4.69) is 10.3 Å². The van der Waals surface area contributed by atoms with E-state index >= 15 is 0 Å². The van der Waals surface area contributed by atoms with E-state index in [9.17, 15) is 22.4 Å². The molecule has 4 nitrogen and oxygen atoms in total. The first-order chi connectivity index (χ1) is 13.3. The minimum absolute atomic E-state index is 0.151. The van der Waals surface area contributed by atoms with Gasteiger partial charge in [-0.25, -0.2) is 9.37 Å². The van der Waals surface area contributed by atoms with Gasteiger partial charge >= 0.3 is 6.18 Å². The molecule has 142 valence electrons. The molecule has 4 aromatic rings. The molecule has 0 fully saturated rings. The number of amides is 1. The van der Waals surface area contributed by atoms with Crippen LogP contribution in [0.1, 0.15) is 16.1 Å². The second-order valence-corrected chi connectivity index (χ2v) is 6.74. The Hall–Kier alpha value is -3.20. The van der Waals surface area contributed by atoms with Gasteiger partial charge in [0.25, 0.3) is 5.91 Å². The van der Waals surface area contributed by atoms with Crippen LogP contribution in [0.2, 0.25) is 0 Å². The number of carbonyl (C=O) groups excluding carboxylic acids is 1. The summed E-state index contributed by atoms with van der Waals surface area (Å²) in [7, 11) is 0. The number of nitrogens with one attached hydrogen (secondary N) is 1. The summed E-state index contributed by atoms with van der Waals surface area (Å²) in [5.41, 5.74) is 0.0891. The number of para-hydroxylation sites is 1. The molecule has 2 aromatic carbocycles. The van der Waals surface area contributed by atoms with Crippen molar-refractivity contribution >= 4 is 27.9 Å². The van der Waals surface area contributed by atoms with Gasteiger partial charge in [-0.1, -0.05) is 12.1 Å². The van der Waals surface area contributed by atoms with Crippen molar-refractivity contribution in [2.45, 2.75) is 6.18 Å². The zero-order valence-electron chi connectivity index (χ0n) is 14.0. The maximum atomic E-state index is 13.1. The standard InChI is InChI=1S/C19H11F4N3OS/c20-12-7-5-11(6-8-12)15-9-26-16(10-28-18(26)25-15)17(27)24-14-4-2-1-3-13(14)19(21,22)23/h1-10H,(H,24,27). The number of carbonyl (C=O) groups is 1. The average Bonchev–Trinajstić information content (AvgIpc) is 3.22. The molecule has 1 N–H and O–H groups in total. The fraction of sp³-hybridized carbons (Fsp3) is 0.0526. The molecule has 0 atom stereocenters. The summed E-state index contributed by atoms with van der Waals surface area (Å²) in [6.45, 7) is 0. The lowest BCUT2D eigenvalue weighted by Gasteiger charge is -2.13. The van der Waals surface area contributed by atoms with Crippen molar-refractivity contribution in [3.05, 3.63) is 77.2 Å². The summed E-state index contributed by atoms with van der Waals surface area (Å²) in [6, 6.07) is 10.5. The van der Waals surface area contributed by atoms with Gasteiger partial charge in [0.15, 0.2) is 4.96 Å². The number of hydrogen-bond acceptors (Lipinski definition) is 3. The number of rotatable bonds is 3. The van der Waals surface area contributed by atoms with Crippen LogP contribution < -0.4 is 5.32 Å². The number of fused-ring (bicyclic) bond motifs is 1. The lowest BCUT2D eigenvalue weighted by Crippen LogP contribution is -2.17. The zero-order chi connectivity index (χ0) is 19.9. The van der Waals surface area contributed by atoms with Crippen LogP contribution in [0.25, 0.3) is 16.2 Å². The van der Waals surface area contributed by atoms with Crippen molar-refractivity contribution in [1.29, 1.82) is 0 Å². The highest BCUT2D eigenvalue weighted by atomic mass is 32.1. The number of aromatic nitrogens is 2. The van der Waals surface area contributed by atoms with Crippen molar-refractivity contribution < 1.29 is 22.4 Å². The van der Waals surface area contributed by atoms with E-state index in [1.807, 2.05) is 0 Å². The number of benzene rings is 2. The van der Waals surface area contributed by atoms with Gasteiger partial charge in [-0.05, 0) is 36.4 Å². The van der Waals surface area contributed by atoms with Gasteiger partial charge in [0.2, 0.25) is 0 Å². The Morgan fingerprint density at radius 2 is 1.79 bits per heavy atom. The molecule has 0 saturated carbocycles. The molecule has 0 aliphatic carbocycles. The molecular weight excluding hydrogens is 394 g/mol. The summed E-state index contributed by atoms with van der Waals surface area (Å²) in [5, 5.41) is 3.83.